The summed E-state index contributed by atoms with van der Waals surface area (Å²) >= 11 is 3.48. The number of anilines is 1. The molecule has 0 fully saturated rings. The third-order valence-corrected chi connectivity index (χ3v) is 6.97. The Morgan fingerprint density at radius 3 is 2.16 bits per heavy atom. The maximum atomic E-state index is 13.7. The van der Waals surface area contributed by atoms with Crippen LogP contribution in [0.1, 0.15) is 50.0 Å². The van der Waals surface area contributed by atoms with Gasteiger partial charge in [0.2, 0.25) is 5.76 Å². The van der Waals surface area contributed by atoms with Crippen molar-refractivity contribution in [3.05, 3.63) is 108 Å². The fourth-order valence-corrected chi connectivity index (χ4v) is 4.59. The first-order valence-corrected chi connectivity index (χ1v) is 11.3. The van der Waals surface area contributed by atoms with Crippen molar-refractivity contribution in [2.24, 2.45) is 0 Å². The van der Waals surface area contributed by atoms with Crippen LogP contribution in [0.3, 0.4) is 0 Å². The molecule has 0 N–H and O–H groups in total. The van der Waals surface area contributed by atoms with Crippen molar-refractivity contribution in [1.82, 2.24) is 0 Å². The highest BCUT2D eigenvalue weighted by Crippen LogP contribution is 2.42. The predicted molar refractivity (Wildman–Crippen MR) is 131 cm³/mol. The molecule has 1 unspecified atom stereocenters. The van der Waals surface area contributed by atoms with E-state index >= 15 is 0 Å². The molecule has 0 saturated carbocycles. The minimum Gasteiger partial charge on any atom is -0.450 e. The number of benzene rings is 3. The molecule has 4 aromatic rings. The molecule has 4 nitrogen and oxygen atoms in total. The van der Waals surface area contributed by atoms with Gasteiger partial charge in [0.1, 0.15) is 5.58 Å². The molecule has 0 spiro atoms. The number of amides is 1. The molecule has 1 amide bonds. The summed E-state index contributed by atoms with van der Waals surface area (Å²) in [6.07, 6.45) is 0. The van der Waals surface area contributed by atoms with Crippen LogP contribution in [0.4, 0.5) is 5.69 Å². The van der Waals surface area contributed by atoms with Crippen LogP contribution in [0.2, 0.25) is 0 Å². The highest BCUT2D eigenvalue weighted by atomic mass is 79.9. The molecular weight excluding hydrogens is 466 g/mol. The summed E-state index contributed by atoms with van der Waals surface area (Å²) in [5.41, 5.74) is 6.54. The van der Waals surface area contributed by atoms with Crippen molar-refractivity contribution < 1.29 is 9.21 Å². The van der Waals surface area contributed by atoms with E-state index in [0.29, 0.717) is 16.5 Å². The second-order valence-electron chi connectivity index (χ2n) is 8.50. The summed E-state index contributed by atoms with van der Waals surface area (Å²) in [6, 6.07) is 16.8. The van der Waals surface area contributed by atoms with Gasteiger partial charge in [-0.2, -0.15) is 0 Å². The number of carbonyl (C=O) groups is 1. The van der Waals surface area contributed by atoms with Crippen LogP contribution >= 0.6 is 15.9 Å². The van der Waals surface area contributed by atoms with E-state index in [1.807, 2.05) is 82.3 Å². The molecule has 0 radical (unpaired) electrons. The largest absolute Gasteiger partial charge is 0.450 e. The minimum atomic E-state index is -0.560. The van der Waals surface area contributed by atoms with Gasteiger partial charge in [-0.25, -0.2) is 0 Å². The van der Waals surface area contributed by atoms with E-state index in [4.69, 9.17) is 4.42 Å². The van der Waals surface area contributed by atoms with E-state index in [0.717, 1.165) is 38.0 Å². The Morgan fingerprint density at radius 1 is 0.812 bits per heavy atom. The molecule has 0 aliphatic carbocycles. The topological polar surface area (TPSA) is 50.5 Å². The average Bonchev–Trinajstić information content (AvgIpc) is 3.05. The number of fused-ring (bicyclic) bond motifs is 2. The lowest BCUT2D eigenvalue weighted by atomic mass is 9.97. The highest BCUT2D eigenvalue weighted by molar-refractivity contribution is 9.10. The van der Waals surface area contributed by atoms with Crippen molar-refractivity contribution >= 4 is 38.5 Å². The Bertz CT molecular complexity index is 1470. The Balaban J connectivity index is 1.82. The molecule has 32 heavy (non-hydrogen) atoms. The van der Waals surface area contributed by atoms with Gasteiger partial charge in [0, 0.05) is 10.2 Å². The lowest BCUT2D eigenvalue weighted by Crippen LogP contribution is -2.29. The summed E-state index contributed by atoms with van der Waals surface area (Å²) in [4.78, 5) is 29.1. The first kappa shape index (κ1) is 20.7. The summed E-state index contributed by atoms with van der Waals surface area (Å²) in [5, 5.41) is 0.503. The van der Waals surface area contributed by atoms with Gasteiger partial charge >= 0.3 is 0 Å². The zero-order valence-electron chi connectivity index (χ0n) is 18.3. The average molecular weight is 488 g/mol. The summed E-state index contributed by atoms with van der Waals surface area (Å²) in [7, 11) is 0. The van der Waals surface area contributed by atoms with Crippen LogP contribution in [0.15, 0.2) is 68.3 Å². The predicted octanol–water partition coefficient (Wildman–Crippen LogP) is 6.54. The number of aryl methyl sites for hydroxylation is 4. The smallest absolute Gasteiger partial charge is 0.295 e. The second kappa shape index (κ2) is 7.45. The highest BCUT2D eigenvalue weighted by Gasteiger charge is 2.43. The monoisotopic (exact) mass is 487 g/mol. The molecule has 3 aromatic carbocycles. The lowest BCUT2D eigenvalue weighted by Gasteiger charge is -2.26. The third-order valence-electron chi connectivity index (χ3n) is 6.44. The zero-order chi connectivity index (χ0) is 22.7. The molecule has 1 aliphatic heterocycles. The maximum absolute atomic E-state index is 13.7. The van der Waals surface area contributed by atoms with Crippen LogP contribution in [-0.2, 0) is 0 Å². The van der Waals surface area contributed by atoms with Gasteiger partial charge < -0.3 is 4.42 Å². The van der Waals surface area contributed by atoms with Gasteiger partial charge in [-0.05, 0) is 91.9 Å². The van der Waals surface area contributed by atoms with E-state index in [2.05, 4.69) is 15.9 Å². The van der Waals surface area contributed by atoms with E-state index in [1.165, 1.54) is 0 Å². The molecule has 160 valence electrons. The SMILES string of the molecule is Cc1ccc(N2C(=O)c3oc4cc(C)c(C)cc4c(=O)c3C2c2ccc(Br)cc2)cc1C. The molecule has 0 saturated heterocycles. The first-order valence-electron chi connectivity index (χ1n) is 10.5. The lowest BCUT2D eigenvalue weighted by molar-refractivity contribution is 0.0971. The third kappa shape index (κ3) is 3.11. The van der Waals surface area contributed by atoms with E-state index in [1.54, 1.807) is 4.90 Å². The van der Waals surface area contributed by atoms with Crippen molar-refractivity contribution in [1.29, 1.82) is 0 Å². The van der Waals surface area contributed by atoms with Crippen molar-refractivity contribution in [3.63, 3.8) is 0 Å². The number of rotatable bonds is 2. The van der Waals surface area contributed by atoms with Crippen molar-refractivity contribution in [2.75, 3.05) is 4.90 Å². The summed E-state index contributed by atoms with van der Waals surface area (Å²) in [5.74, 6) is -0.176. The van der Waals surface area contributed by atoms with E-state index in [9.17, 15) is 9.59 Å². The fraction of sp³-hybridized carbons (Fsp3) is 0.185. The first-order chi connectivity index (χ1) is 15.3. The van der Waals surface area contributed by atoms with Crippen molar-refractivity contribution in [2.45, 2.75) is 33.7 Å². The Kier molecular flexibility index (Phi) is 4.82. The number of hydrogen-bond acceptors (Lipinski definition) is 3. The van der Waals surface area contributed by atoms with Gasteiger partial charge in [-0.3, -0.25) is 14.5 Å². The van der Waals surface area contributed by atoms with Gasteiger partial charge in [0.25, 0.3) is 5.91 Å². The molecule has 2 heterocycles. The van der Waals surface area contributed by atoms with Crippen LogP contribution in [-0.4, -0.2) is 5.91 Å². The van der Waals surface area contributed by atoms with E-state index in [-0.39, 0.29) is 17.1 Å². The zero-order valence-corrected chi connectivity index (χ0v) is 19.9. The van der Waals surface area contributed by atoms with Gasteiger partial charge in [0.05, 0.1) is 17.0 Å². The van der Waals surface area contributed by atoms with Crippen LogP contribution in [0, 0.1) is 27.7 Å². The quantitative estimate of drug-likeness (QED) is 0.322. The summed E-state index contributed by atoms with van der Waals surface area (Å²) < 4.78 is 7.04. The molecule has 5 rings (SSSR count). The second-order valence-corrected chi connectivity index (χ2v) is 9.42. The molecule has 1 atom stereocenters. The molecule has 0 bridgehead atoms. The standard InChI is InChI=1S/C27H22BrNO3/c1-14-5-10-20(11-15(14)2)29-24(18-6-8-19(28)9-7-18)23-25(30)21-12-16(3)17(4)13-22(21)32-26(23)27(29)31/h5-13,24H,1-4H3. The Labute approximate surface area is 194 Å². The normalized spacial score (nSPS) is 15.5. The number of halogens is 1. The Hall–Kier alpha value is -3.18. The van der Waals surface area contributed by atoms with Gasteiger partial charge in [0.15, 0.2) is 5.43 Å². The molecule has 1 aromatic heterocycles. The van der Waals surface area contributed by atoms with Crippen LogP contribution in [0.5, 0.6) is 0 Å². The van der Waals surface area contributed by atoms with E-state index < -0.39 is 6.04 Å². The molecule has 1 aliphatic rings. The van der Waals surface area contributed by atoms with Gasteiger partial charge in [-0.1, -0.05) is 34.1 Å². The number of carbonyl (C=O) groups excluding carboxylic acids is 1. The molecule has 5 heteroatoms. The fourth-order valence-electron chi connectivity index (χ4n) is 4.33. The number of nitrogens with zero attached hydrogens (tertiary/aromatic N) is 1. The van der Waals surface area contributed by atoms with Gasteiger partial charge in [-0.15, -0.1) is 0 Å². The molecular formula is C27H22BrNO3. The summed E-state index contributed by atoms with van der Waals surface area (Å²) in [6.45, 7) is 7.99. The minimum absolute atomic E-state index is 0.122. The van der Waals surface area contributed by atoms with Crippen LogP contribution < -0.4 is 10.3 Å². The van der Waals surface area contributed by atoms with Crippen LogP contribution in [0.25, 0.3) is 11.0 Å². The van der Waals surface area contributed by atoms with Crippen molar-refractivity contribution in [3.8, 4) is 0 Å². The number of hydrogen-bond donors (Lipinski definition) is 0. The maximum Gasteiger partial charge on any atom is 0.295 e. The Morgan fingerprint density at radius 2 is 1.47 bits per heavy atom.